The zero-order valence-electron chi connectivity index (χ0n) is 9.31. The van der Waals surface area contributed by atoms with Gasteiger partial charge in [0.25, 0.3) is 5.95 Å². The van der Waals surface area contributed by atoms with Gasteiger partial charge in [-0.3, -0.25) is 0 Å². The van der Waals surface area contributed by atoms with Crippen LogP contribution in [0.5, 0.6) is 0 Å². The smallest absolute Gasteiger partial charge is 0.391 e. The van der Waals surface area contributed by atoms with Crippen LogP contribution in [0, 0.1) is 13.8 Å². The number of aromatic nitrogens is 3. The Morgan fingerprint density at radius 3 is 2.53 bits per heavy atom. The summed E-state index contributed by atoms with van der Waals surface area (Å²) in [5.74, 6) is 0.239. The summed E-state index contributed by atoms with van der Waals surface area (Å²) in [5.41, 5.74) is 1.57. The molecule has 1 heterocycles. The predicted octanol–water partition coefficient (Wildman–Crippen LogP) is 1.16. The standard InChI is InChI=1S/C9H14N4O2/c1-5-15-9(14-4)11-8-10-6(2)7(3)12-13-8/h5H2,1-4H3. The first-order chi connectivity index (χ1) is 7.17. The molecule has 0 bridgehead atoms. The lowest BCUT2D eigenvalue weighted by Crippen LogP contribution is -2.07. The quantitative estimate of drug-likeness (QED) is 0.541. The third kappa shape index (κ3) is 3.16. The molecule has 0 aliphatic carbocycles. The Bertz CT molecular complexity index is 365. The molecule has 0 fully saturated rings. The molecule has 0 atom stereocenters. The molecule has 0 aliphatic rings. The van der Waals surface area contributed by atoms with E-state index < -0.39 is 0 Å². The van der Waals surface area contributed by atoms with Crippen molar-refractivity contribution in [2.45, 2.75) is 20.8 Å². The minimum atomic E-state index is 0.141. The lowest BCUT2D eigenvalue weighted by Gasteiger charge is -2.03. The molecule has 0 N–H and O–H groups in total. The molecular weight excluding hydrogens is 196 g/mol. The lowest BCUT2D eigenvalue weighted by molar-refractivity contribution is 0.208. The van der Waals surface area contributed by atoms with Crippen LogP contribution in [0.3, 0.4) is 0 Å². The summed E-state index contributed by atoms with van der Waals surface area (Å²) in [6, 6.07) is 0. The van der Waals surface area contributed by atoms with Crippen molar-refractivity contribution in [3.63, 3.8) is 0 Å². The van der Waals surface area contributed by atoms with Gasteiger partial charge in [-0.15, -0.1) is 10.1 Å². The van der Waals surface area contributed by atoms with Crippen molar-refractivity contribution in [1.29, 1.82) is 0 Å². The average Bonchev–Trinajstić information content (AvgIpc) is 2.23. The van der Waals surface area contributed by atoms with E-state index in [0.29, 0.717) is 6.61 Å². The Morgan fingerprint density at radius 2 is 2.00 bits per heavy atom. The largest absolute Gasteiger partial charge is 0.454 e. The number of hydrogen-bond donors (Lipinski definition) is 0. The highest BCUT2D eigenvalue weighted by Crippen LogP contribution is 2.06. The number of ether oxygens (including phenoxy) is 2. The van der Waals surface area contributed by atoms with E-state index in [1.54, 1.807) is 0 Å². The molecule has 1 rings (SSSR count). The predicted molar refractivity (Wildman–Crippen MR) is 55.0 cm³/mol. The maximum atomic E-state index is 5.09. The first kappa shape index (κ1) is 11.4. The number of nitrogens with zero attached hydrogens (tertiary/aromatic N) is 4. The molecule has 0 unspecified atom stereocenters. The van der Waals surface area contributed by atoms with Crippen molar-refractivity contribution in [1.82, 2.24) is 15.2 Å². The molecule has 6 nitrogen and oxygen atoms in total. The second-order valence-corrected chi connectivity index (χ2v) is 2.80. The normalized spacial score (nSPS) is 11.3. The minimum Gasteiger partial charge on any atom is -0.454 e. The van der Waals surface area contributed by atoms with Gasteiger partial charge in [-0.05, 0) is 20.8 Å². The van der Waals surface area contributed by atoms with Crippen LogP contribution in [0.2, 0.25) is 0 Å². The molecule has 0 radical (unpaired) electrons. The zero-order chi connectivity index (χ0) is 11.3. The molecule has 0 aliphatic heterocycles. The summed E-state index contributed by atoms with van der Waals surface area (Å²) >= 11 is 0. The highest BCUT2D eigenvalue weighted by molar-refractivity contribution is 5.69. The van der Waals surface area contributed by atoms with Gasteiger partial charge in [0.05, 0.1) is 25.1 Å². The second kappa shape index (κ2) is 5.23. The van der Waals surface area contributed by atoms with Crippen molar-refractivity contribution < 1.29 is 9.47 Å². The van der Waals surface area contributed by atoms with Gasteiger partial charge in [0.15, 0.2) is 0 Å². The van der Waals surface area contributed by atoms with E-state index >= 15 is 0 Å². The summed E-state index contributed by atoms with van der Waals surface area (Å²) in [6.07, 6.45) is 0.141. The Hall–Kier alpha value is -1.72. The van der Waals surface area contributed by atoms with Crippen LogP contribution < -0.4 is 0 Å². The number of methoxy groups -OCH3 is 1. The highest BCUT2D eigenvalue weighted by atomic mass is 16.7. The minimum absolute atomic E-state index is 0.141. The van der Waals surface area contributed by atoms with Crippen molar-refractivity contribution in [2.75, 3.05) is 13.7 Å². The van der Waals surface area contributed by atoms with Crippen LogP contribution in [0.1, 0.15) is 18.3 Å². The fourth-order valence-corrected chi connectivity index (χ4v) is 0.835. The summed E-state index contributed by atoms with van der Waals surface area (Å²) in [4.78, 5) is 8.08. The van der Waals surface area contributed by atoms with Crippen LogP contribution in [0.4, 0.5) is 5.95 Å². The van der Waals surface area contributed by atoms with Crippen LogP contribution >= 0.6 is 0 Å². The van der Waals surface area contributed by atoms with Crippen molar-refractivity contribution in [3.05, 3.63) is 11.4 Å². The monoisotopic (exact) mass is 210 g/mol. The summed E-state index contributed by atoms with van der Waals surface area (Å²) in [6.45, 7) is 6.00. The van der Waals surface area contributed by atoms with E-state index in [1.807, 2.05) is 20.8 Å². The van der Waals surface area contributed by atoms with Crippen LogP contribution in [-0.4, -0.2) is 35.0 Å². The van der Waals surface area contributed by atoms with Gasteiger partial charge in [0.1, 0.15) is 0 Å². The summed E-state index contributed by atoms with van der Waals surface area (Å²) < 4.78 is 9.97. The lowest BCUT2D eigenvalue weighted by atomic mass is 10.4. The van der Waals surface area contributed by atoms with Crippen LogP contribution in [-0.2, 0) is 9.47 Å². The highest BCUT2D eigenvalue weighted by Gasteiger charge is 2.03. The second-order valence-electron chi connectivity index (χ2n) is 2.80. The maximum absolute atomic E-state index is 5.09. The molecule has 0 amide bonds. The van der Waals surface area contributed by atoms with Gasteiger partial charge in [-0.2, -0.15) is 5.10 Å². The molecule has 0 saturated carbocycles. The molecule has 6 heteroatoms. The van der Waals surface area contributed by atoms with E-state index in [9.17, 15) is 0 Å². The van der Waals surface area contributed by atoms with Crippen molar-refractivity contribution in [2.24, 2.45) is 4.99 Å². The topological polar surface area (TPSA) is 69.5 Å². The van der Waals surface area contributed by atoms with Gasteiger partial charge in [-0.25, -0.2) is 4.98 Å². The van der Waals surface area contributed by atoms with E-state index in [4.69, 9.17) is 9.47 Å². The van der Waals surface area contributed by atoms with Gasteiger partial charge in [0.2, 0.25) is 0 Å². The van der Waals surface area contributed by atoms with E-state index in [-0.39, 0.29) is 12.0 Å². The fourth-order valence-electron chi connectivity index (χ4n) is 0.835. The fraction of sp³-hybridized carbons (Fsp3) is 0.556. The van der Waals surface area contributed by atoms with E-state index in [1.165, 1.54) is 7.11 Å². The van der Waals surface area contributed by atoms with Gasteiger partial charge < -0.3 is 9.47 Å². The van der Waals surface area contributed by atoms with Gasteiger partial charge in [-0.1, -0.05) is 0 Å². The first-order valence-electron chi connectivity index (χ1n) is 4.60. The molecular formula is C9H14N4O2. The SMILES string of the molecule is CCOC(=Nc1nnc(C)c(C)n1)OC. The molecule has 1 aromatic heterocycles. The van der Waals surface area contributed by atoms with Gasteiger partial charge in [0, 0.05) is 0 Å². The third-order valence-electron chi connectivity index (χ3n) is 1.71. The number of aryl methyl sites for hydroxylation is 2. The Labute approximate surface area is 88.4 Å². The first-order valence-corrected chi connectivity index (χ1v) is 4.60. The van der Waals surface area contributed by atoms with E-state index in [0.717, 1.165) is 11.4 Å². The van der Waals surface area contributed by atoms with Crippen LogP contribution in [0.15, 0.2) is 4.99 Å². The summed E-state index contributed by atoms with van der Waals surface area (Å²) in [5, 5.41) is 7.70. The number of aliphatic imine (C=N–C) groups is 1. The molecule has 1 aromatic rings. The summed E-state index contributed by atoms with van der Waals surface area (Å²) in [7, 11) is 1.48. The van der Waals surface area contributed by atoms with Crippen molar-refractivity contribution >= 4 is 12.0 Å². The molecule has 82 valence electrons. The maximum Gasteiger partial charge on any atom is 0.391 e. The molecule has 0 spiro atoms. The third-order valence-corrected chi connectivity index (χ3v) is 1.71. The molecule has 0 saturated heterocycles. The number of hydrogen-bond acceptors (Lipinski definition) is 6. The number of rotatable bonds is 2. The van der Waals surface area contributed by atoms with Crippen molar-refractivity contribution in [3.8, 4) is 0 Å². The zero-order valence-corrected chi connectivity index (χ0v) is 9.31. The Balaban J connectivity index is 2.91. The van der Waals surface area contributed by atoms with E-state index in [2.05, 4.69) is 20.2 Å². The van der Waals surface area contributed by atoms with Crippen LogP contribution in [0.25, 0.3) is 0 Å². The Kier molecular flexibility index (Phi) is 3.96. The molecule has 0 aromatic carbocycles. The molecule has 15 heavy (non-hydrogen) atoms. The Morgan fingerprint density at radius 1 is 1.27 bits per heavy atom. The average molecular weight is 210 g/mol. The van der Waals surface area contributed by atoms with Gasteiger partial charge >= 0.3 is 6.08 Å².